The number of carbonyl (C=O) groups excluding carboxylic acids is 2. The molecule has 0 saturated heterocycles. The molecule has 0 aliphatic carbocycles. The lowest BCUT2D eigenvalue weighted by Gasteiger charge is -2.19. The maximum Gasteiger partial charge on any atom is 0.472 e. The first-order chi connectivity index (χ1) is 27.7. The summed E-state index contributed by atoms with van der Waals surface area (Å²) in [7, 11) is -4.64. The third-order valence-corrected chi connectivity index (χ3v) is 10.5. The van der Waals surface area contributed by atoms with Gasteiger partial charge in [-0.1, -0.05) is 178 Å². The molecule has 3 N–H and O–H groups in total. The van der Waals surface area contributed by atoms with Gasteiger partial charge in [0.1, 0.15) is 12.7 Å². The third kappa shape index (κ3) is 41.9. The molecule has 0 radical (unpaired) electrons. The second-order valence-corrected chi connectivity index (χ2v) is 16.6. The fourth-order valence-corrected chi connectivity index (χ4v) is 6.84. The van der Waals surface area contributed by atoms with Gasteiger partial charge in [-0.2, -0.15) is 0 Å². The van der Waals surface area contributed by atoms with Gasteiger partial charge in [0.15, 0.2) is 6.10 Å². The number of hydrogen-bond donors (Lipinski definition) is 3. The minimum Gasteiger partial charge on any atom is -0.462 e. The summed E-state index contributed by atoms with van der Waals surface area (Å²) < 4.78 is 32.5. The van der Waals surface area contributed by atoms with E-state index in [-0.39, 0.29) is 13.0 Å². The Hall–Kier alpha value is -2.07. The first kappa shape index (κ1) is 54.9. The largest absolute Gasteiger partial charge is 0.472 e. The zero-order valence-corrected chi connectivity index (χ0v) is 36.9. The Morgan fingerprint density at radius 2 is 1.04 bits per heavy atom. The maximum atomic E-state index is 12.5. The van der Waals surface area contributed by atoms with Crippen LogP contribution in [0.15, 0.2) is 48.6 Å². The molecule has 3 atom stereocenters. The van der Waals surface area contributed by atoms with Crippen molar-refractivity contribution in [2.24, 2.45) is 0 Å². The molecule has 0 aromatic heterocycles. The van der Waals surface area contributed by atoms with Gasteiger partial charge in [0.05, 0.1) is 19.8 Å². The molecule has 0 aromatic rings. The number of aliphatic hydroxyl groups excluding tert-OH is 2. The van der Waals surface area contributed by atoms with Crippen LogP contribution in [0.4, 0.5) is 0 Å². The second-order valence-electron chi connectivity index (χ2n) is 15.1. The minimum atomic E-state index is -4.64. The number of esters is 2. The van der Waals surface area contributed by atoms with E-state index in [2.05, 4.69) is 42.7 Å². The Balaban J connectivity index is 4.34. The van der Waals surface area contributed by atoms with Gasteiger partial charge in [-0.05, 0) is 51.4 Å². The summed E-state index contributed by atoms with van der Waals surface area (Å²) in [5.41, 5.74) is 0. The van der Waals surface area contributed by atoms with Gasteiger partial charge >= 0.3 is 19.8 Å². The fraction of sp³-hybridized carbons (Fsp3) is 0.783. The predicted molar refractivity (Wildman–Crippen MR) is 233 cm³/mol. The smallest absolute Gasteiger partial charge is 0.462 e. The average molecular weight is 827 g/mol. The number of phosphoric acid groups is 1. The monoisotopic (exact) mass is 827 g/mol. The maximum absolute atomic E-state index is 12.5. The summed E-state index contributed by atoms with van der Waals surface area (Å²) in [6.07, 6.45) is 45.6. The van der Waals surface area contributed by atoms with Crippen molar-refractivity contribution in [2.45, 2.75) is 206 Å². The summed E-state index contributed by atoms with van der Waals surface area (Å²) in [5.74, 6) is -1.18. The molecule has 0 saturated carbocycles. The standard InChI is InChI=1S/C46H83O10P/c1-3-5-7-9-11-13-15-17-19-20-21-22-24-25-27-29-31-33-35-37-45(49)53-41-44(42-55-57(51,52)54-40-43(48)39-47)56-46(50)38-36-34-32-30-28-26-23-18-16-14-12-10-8-6-4-2/h11,13,17,19,32,34,36,38,43-44,47-48H,3-10,12,14-16,18,20-31,33,35,37,39-42H2,1-2H3,(H,51,52)/b13-11+,19-17+,34-32+,38-36+/t43-,44+/m0/s1. The van der Waals surface area contributed by atoms with Gasteiger partial charge in [-0.15, -0.1) is 0 Å². The van der Waals surface area contributed by atoms with Gasteiger partial charge in [0, 0.05) is 12.5 Å². The van der Waals surface area contributed by atoms with Crippen molar-refractivity contribution in [3.05, 3.63) is 48.6 Å². The second kappa shape index (κ2) is 42.1. The zero-order valence-electron chi connectivity index (χ0n) is 36.0. The van der Waals surface area contributed by atoms with Gasteiger partial charge in [0.25, 0.3) is 0 Å². The van der Waals surface area contributed by atoms with Crippen LogP contribution in [0.3, 0.4) is 0 Å². The topological polar surface area (TPSA) is 149 Å². The molecule has 0 amide bonds. The highest BCUT2D eigenvalue weighted by molar-refractivity contribution is 7.47. The molecule has 0 aliphatic rings. The lowest BCUT2D eigenvalue weighted by molar-refractivity contribution is -0.157. The molecule has 0 bridgehead atoms. The van der Waals surface area contributed by atoms with Crippen LogP contribution in [0.2, 0.25) is 0 Å². The molecule has 0 spiro atoms. The zero-order chi connectivity index (χ0) is 41.9. The van der Waals surface area contributed by atoms with Crippen molar-refractivity contribution in [1.82, 2.24) is 0 Å². The van der Waals surface area contributed by atoms with E-state index in [9.17, 15) is 24.2 Å². The quantitative estimate of drug-likeness (QED) is 0.0136. The minimum absolute atomic E-state index is 0.216. The molecule has 0 fully saturated rings. The first-order valence-corrected chi connectivity index (χ1v) is 24.1. The van der Waals surface area contributed by atoms with Gasteiger partial charge < -0.3 is 24.6 Å². The van der Waals surface area contributed by atoms with Gasteiger partial charge in [-0.25, -0.2) is 9.36 Å². The Labute approximate surface area is 347 Å². The summed E-state index contributed by atoms with van der Waals surface area (Å²) in [4.78, 5) is 34.9. The van der Waals surface area contributed by atoms with Crippen LogP contribution >= 0.6 is 7.82 Å². The normalized spacial score (nSPS) is 14.3. The number of unbranched alkanes of at least 4 members (excludes halogenated alkanes) is 23. The van der Waals surface area contributed by atoms with Crippen LogP contribution in [0, 0.1) is 0 Å². The number of rotatable bonds is 42. The SMILES string of the molecule is CCCCC/C=C/C/C=C/CCCCCCCCCCCC(=O)OC[C@H](COP(=O)(O)OC[C@@H](O)CO)OC(=O)/C=C/C=C/CCCCCCCCCCCCC. The van der Waals surface area contributed by atoms with E-state index in [0.717, 1.165) is 44.9 Å². The molecule has 0 rings (SSSR count). The van der Waals surface area contributed by atoms with Crippen molar-refractivity contribution >= 4 is 19.8 Å². The molecule has 0 heterocycles. The van der Waals surface area contributed by atoms with Gasteiger partial charge in [0.2, 0.25) is 0 Å². The summed E-state index contributed by atoms with van der Waals surface area (Å²) in [5, 5.41) is 18.3. The van der Waals surface area contributed by atoms with Crippen molar-refractivity contribution < 1.29 is 47.8 Å². The highest BCUT2D eigenvalue weighted by Crippen LogP contribution is 2.43. The van der Waals surface area contributed by atoms with Gasteiger partial charge in [-0.3, -0.25) is 13.8 Å². The summed E-state index contributed by atoms with van der Waals surface area (Å²) >= 11 is 0. The first-order valence-electron chi connectivity index (χ1n) is 22.6. The van der Waals surface area contributed by atoms with E-state index in [0.29, 0.717) is 6.42 Å². The molecule has 10 nitrogen and oxygen atoms in total. The molecule has 11 heteroatoms. The lowest BCUT2D eigenvalue weighted by atomic mass is 10.1. The molecule has 332 valence electrons. The Kier molecular flexibility index (Phi) is 40.5. The fourth-order valence-electron chi connectivity index (χ4n) is 6.05. The molecule has 0 aromatic carbocycles. The van der Waals surface area contributed by atoms with Crippen LogP contribution in [-0.2, 0) is 32.7 Å². The Morgan fingerprint density at radius 1 is 0.579 bits per heavy atom. The molecular weight excluding hydrogens is 743 g/mol. The number of phosphoric ester groups is 1. The van der Waals surface area contributed by atoms with E-state index < -0.39 is 51.8 Å². The predicted octanol–water partition coefficient (Wildman–Crippen LogP) is 12.1. The molecule has 57 heavy (non-hydrogen) atoms. The van der Waals surface area contributed by atoms with Crippen LogP contribution in [0.1, 0.15) is 194 Å². The molecular formula is C46H83O10P. The number of allylic oxidation sites excluding steroid dienone is 7. The van der Waals surface area contributed by atoms with Crippen LogP contribution in [0.5, 0.6) is 0 Å². The number of ether oxygens (including phenoxy) is 2. The molecule has 0 aliphatic heterocycles. The lowest BCUT2D eigenvalue weighted by Crippen LogP contribution is -2.29. The van der Waals surface area contributed by atoms with Crippen LogP contribution < -0.4 is 0 Å². The van der Waals surface area contributed by atoms with E-state index in [1.807, 2.05) is 6.08 Å². The average Bonchev–Trinajstić information content (AvgIpc) is 3.20. The van der Waals surface area contributed by atoms with Crippen LogP contribution in [0.25, 0.3) is 0 Å². The van der Waals surface area contributed by atoms with Crippen molar-refractivity contribution in [3.63, 3.8) is 0 Å². The van der Waals surface area contributed by atoms with Crippen molar-refractivity contribution in [3.8, 4) is 0 Å². The highest BCUT2D eigenvalue weighted by atomic mass is 31.2. The number of carbonyl (C=O) groups is 2. The van der Waals surface area contributed by atoms with E-state index in [1.54, 1.807) is 12.2 Å². The summed E-state index contributed by atoms with van der Waals surface area (Å²) in [6, 6.07) is 0. The highest BCUT2D eigenvalue weighted by Gasteiger charge is 2.26. The Bertz CT molecular complexity index is 1090. The van der Waals surface area contributed by atoms with Crippen molar-refractivity contribution in [2.75, 3.05) is 26.4 Å². The number of hydrogen-bond acceptors (Lipinski definition) is 9. The van der Waals surface area contributed by atoms with E-state index in [1.165, 1.54) is 128 Å². The Morgan fingerprint density at radius 3 is 1.58 bits per heavy atom. The number of aliphatic hydroxyl groups is 2. The molecule has 1 unspecified atom stereocenters. The third-order valence-electron chi connectivity index (χ3n) is 9.56. The van der Waals surface area contributed by atoms with E-state index >= 15 is 0 Å². The van der Waals surface area contributed by atoms with Crippen molar-refractivity contribution in [1.29, 1.82) is 0 Å². The van der Waals surface area contributed by atoms with E-state index in [4.69, 9.17) is 19.1 Å². The van der Waals surface area contributed by atoms with Crippen LogP contribution in [-0.4, -0.2) is 65.7 Å². The summed E-state index contributed by atoms with van der Waals surface area (Å²) in [6.45, 7) is 2.24.